The number of carbonyl (C=O) groups excluding carboxylic acids is 1. The Bertz CT molecular complexity index is 1420. The zero-order chi connectivity index (χ0) is 27.8. The number of halogens is 4. The number of alkyl halides is 4. The van der Waals surface area contributed by atoms with Crippen LogP contribution in [0.1, 0.15) is 29.4 Å². The van der Waals surface area contributed by atoms with E-state index < -0.39 is 23.6 Å². The number of anilines is 1. The van der Waals surface area contributed by atoms with E-state index in [0.29, 0.717) is 37.6 Å². The van der Waals surface area contributed by atoms with E-state index in [1.807, 2.05) is 6.92 Å². The summed E-state index contributed by atoms with van der Waals surface area (Å²) in [7, 11) is 1.67. The Morgan fingerprint density at radius 2 is 2.13 bits per heavy atom. The molecule has 0 radical (unpaired) electrons. The Hall–Kier alpha value is -3.28. The van der Waals surface area contributed by atoms with Gasteiger partial charge in [0.2, 0.25) is 0 Å². The van der Waals surface area contributed by atoms with Gasteiger partial charge in [-0.3, -0.25) is 14.4 Å². The largest absolute Gasteiger partial charge is 0.446 e. The van der Waals surface area contributed by atoms with Gasteiger partial charge in [0.15, 0.2) is 0 Å². The summed E-state index contributed by atoms with van der Waals surface area (Å²) in [5, 5.41) is 14.0. The maximum Gasteiger partial charge on any atom is 0.446 e. The van der Waals surface area contributed by atoms with Crippen LogP contribution in [-0.4, -0.2) is 86.3 Å². The molecule has 2 saturated heterocycles. The number of ether oxygens (including phenoxy) is 1. The summed E-state index contributed by atoms with van der Waals surface area (Å²) in [6.07, 6.45) is 2.26. The second kappa shape index (κ2) is 10.7. The van der Waals surface area contributed by atoms with Crippen LogP contribution >= 0.6 is 11.8 Å². The van der Waals surface area contributed by atoms with Crippen LogP contribution in [0.5, 0.6) is 0 Å². The summed E-state index contributed by atoms with van der Waals surface area (Å²) in [5.41, 5.74) is -4.30. The smallest absolute Gasteiger partial charge is 0.377 e. The normalized spacial score (nSPS) is 21.2. The molecule has 1 amide bonds. The molecule has 2 atom stereocenters. The monoisotopic (exact) mass is 565 g/mol. The summed E-state index contributed by atoms with van der Waals surface area (Å²) in [4.78, 5) is 14.1. The number of pyridine rings is 1. The highest BCUT2D eigenvalue weighted by Gasteiger charge is 2.43. The summed E-state index contributed by atoms with van der Waals surface area (Å²) in [6, 6.07) is 4.22. The van der Waals surface area contributed by atoms with Gasteiger partial charge in [-0.2, -0.15) is 23.4 Å². The summed E-state index contributed by atoms with van der Waals surface area (Å²) in [6.45, 7) is 4.00. The number of nitrogens with zero attached hydrogens (tertiary/aromatic N) is 5. The number of carbonyl (C=O) groups is 1. The number of fused-ring (bicyclic) bond motifs is 1. The molecule has 5 heterocycles. The van der Waals surface area contributed by atoms with E-state index in [1.165, 1.54) is 27.7 Å². The number of hydrogen-bond acceptors (Lipinski definition) is 7. The molecule has 2 fully saturated rings. The van der Waals surface area contributed by atoms with E-state index in [1.54, 1.807) is 19.2 Å². The Morgan fingerprint density at radius 3 is 2.77 bits per heavy atom. The highest BCUT2D eigenvalue weighted by atomic mass is 32.2. The molecule has 3 aromatic rings. The molecule has 2 N–H and O–H groups in total. The van der Waals surface area contributed by atoms with Crippen molar-refractivity contribution in [1.82, 2.24) is 29.6 Å². The van der Waals surface area contributed by atoms with E-state index >= 15 is 4.39 Å². The van der Waals surface area contributed by atoms with Crippen LogP contribution in [0, 0.1) is 11.8 Å². The van der Waals surface area contributed by atoms with Gasteiger partial charge in [0.25, 0.3) is 5.91 Å². The average molecular weight is 566 g/mol. The number of piperidine rings is 1. The quantitative estimate of drug-likeness (QED) is 0.270. The van der Waals surface area contributed by atoms with Crippen LogP contribution in [-0.2, 0) is 11.8 Å². The van der Waals surface area contributed by atoms with Gasteiger partial charge >= 0.3 is 5.51 Å². The summed E-state index contributed by atoms with van der Waals surface area (Å²) >= 11 is -0.310. The standard InChI is InChI=1S/C25H27F4N7O2S/c1-24(14-38-15-24)35-10-8-18(17(26)13-35)32-21-7-3-6-20-22(39-25(27,28)29)19(33-36(20)21)5-4-9-30-23(37)16-11-31-34(2)12-16/h3,6-7,11-12,17-18,32H,8-10,13-15H2,1-2H3,(H,30,37)/t17-,18+/m0/s1. The highest BCUT2D eigenvalue weighted by Crippen LogP contribution is 2.41. The molecule has 0 bridgehead atoms. The molecule has 14 heteroatoms. The topological polar surface area (TPSA) is 88.7 Å². The van der Waals surface area contributed by atoms with Crippen molar-refractivity contribution in [2.24, 2.45) is 7.05 Å². The number of nitrogens with one attached hydrogen (secondary N) is 2. The van der Waals surface area contributed by atoms with Crippen LogP contribution in [0.3, 0.4) is 0 Å². The number of thioether (sulfide) groups is 1. The Morgan fingerprint density at radius 1 is 1.33 bits per heavy atom. The molecule has 2 aliphatic heterocycles. The van der Waals surface area contributed by atoms with Crippen molar-refractivity contribution in [2.45, 2.75) is 41.5 Å². The number of hydrogen-bond donors (Lipinski definition) is 2. The molecule has 39 heavy (non-hydrogen) atoms. The zero-order valence-corrected chi connectivity index (χ0v) is 22.1. The van der Waals surface area contributed by atoms with Gasteiger partial charge in [-0.15, -0.1) is 0 Å². The predicted molar refractivity (Wildman–Crippen MR) is 137 cm³/mol. The fourth-order valence-electron chi connectivity index (χ4n) is 4.68. The first-order valence-electron chi connectivity index (χ1n) is 12.3. The second-order valence-electron chi connectivity index (χ2n) is 9.81. The molecule has 0 unspecified atom stereocenters. The number of likely N-dealkylation sites (tertiary alicyclic amines) is 1. The predicted octanol–water partition coefficient (Wildman–Crippen LogP) is 3.07. The fraction of sp³-hybridized carbons (Fsp3) is 0.480. The van der Waals surface area contributed by atoms with Crippen LogP contribution in [0.25, 0.3) is 5.52 Å². The second-order valence-corrected chi connectivity index (χ2v) is 10.9. The Labute approximate surface area is 226 Å². The molecule has 0 saturated carbocycles. The van der Waals surface area contributed by atoms with Crippen molar-refractivity contribution < 1.29 is 27.1 Å². The highest BCUT2D eigenvalue weighted by molar-refractivity contribution is 8.00. The number of aryl methyl sites for hydroxylation is 1. The molecule has 2 aliphatic rings. The van der Waals surface area contributed by atoms with Crippen LogP contribution < -0.4 is 10.6 Å². The molecule has 208 valence electrons. The lowest BCUT2D eigenvalue weighted by molar-refractivity contribution is -0.142. The Kier molecular flexibility index (Phi) is 7.49. The first-order valence-corrected chi connectivity index (χ1v) is 13.1. The van der Waals surface area contributed by atoms with Gasteiger partial charge in [-0.05, 0) is 43.2 Å². The molecular weight excluding hydrogens is 538 g/mol. The lowest BCUT2D eigenvalue weighted by Crippen LogP contribution is -2.64. The van der Waals surface area contributed by atoms with Gasteiger partial charge in [-0.1, -0.05) is 12.0 Å². The van der Waals surface area contributed by atoms with Crippen LogP contribution in [0.15, 0.2) is 35.5 Å². The Balaban J connectivity index is 1.35. The van der Waals surface area contributed by atoms with Crippen molar-refractivity contribution in [3.63, 3.8) is 0 Å². The van der Waals surface area contributed by atoms with E-state index in [0.717, 1.165) is 0 Å². The fourth-order valence-corrected chi connectivity index (χ4v) is 5.35. The molecule has 0 aromatic carbocycles. The molecule has 9 nitrogen and oxygen atoms in total. The minimum absolute atomic E-state index is 0.0910. The van der Waals surface area contributed by atoms with Gasteiger partial charge in [0.1, 0.15) is 17.7 Å². The minimum atomic E-state index is -4.57. The van der Waals surface area contributed by atoms with Gasteiger partial charge in [0.05, 0.1) is 53.5 Å². The van der Waals surface area contributed by atoms with Crippen molar-refractivity contribution in [3.05, 3.63) is 41.9 Å². The average Bonchev–Trinajstić information content (AvgIpc) is 3.44. The molecule has 0 aliphatic carbocycles. The lowest BCUT2D eigenvalue weighted by atomic mass is 9.92. The third-order valence-corrected chi connectivity index (χ3v) is 7.64. The number of aromatic nitrogens is 4. The van der Waals surface area contributed by atoms with Gasteiger partial charge in [0, 0.05) is 26.3 Å². The lowest BCUT2D eigenvalue weighted by Gasteiger charge is -2.50. The van der Waals surface area contributed by atoms with Gasteiger partial charge < -0.3 is 15.4 Å². The number of rotatable bonds is 6. The number of amides is 1. The molecule has 0 spiro atoms. The maximum atomic E-state index is 15.2. The maximum absolute atomic E-state index is 15.2. The molecular formula is C25H27F4N7O2S. The zero-order valence-electron chi connectivity index (χ0n) is 21.3. The van der Waals surface area contributed by atoms with E-state index in [9.17, 15) is 18.0 Å². The van der Waals surface area contributed by atoms with Crippen LogP contribution in [0.4, 0.5) is 23.4 Å². The summed E-state index contributed by atoms with van der Waals surface area (Å²) < 4.78 is 63.6. The van der Waals surface area contributed by atoms with Gasteiger partial charge in [-0.25, -0.2) is 8.91 Å². The van der Waals surface area contributed by atoms with Crippen molar-refractivity contribution in [2.75, 3.05) is 38.2 Å². The first-order chi connectivity index (χ1) is 18.5. The van der Waals surface area contributed by atoms with Crippen molar-refractivity contribution in [3.8, 4) is 11.8 Å². The van der Waals surface area contributed by atoms with E-state index in [2.05, 4.69) is 37.6 Å². The third kappa shape index (κ3) is 6.00. The SMILES string of the molecule is Cn1cc(C(=O)NCC#Cc2nn3c(N[C@@H]4CCN(C5(C)COC5)C[C@@H]4F)cccc3c2SC(F)(F)F)cn1. The van der Waals surface area contributed by atoms with Crippen molar-refractivity contribution >= 4 is 29.0 Å². The minimum Gasteiger partial charge on any atom is -0.377 e. The molecule has 5 rings (SSSR count). The van der Waals surface area contributed by atoms with Crippen LogP contribution in [0.2, 0.25) is 0 Å². The first kappa shape index (κ1) is 27.3. The molecule has 3 aromatic heterocycles. The van der Waals surface area contributed by atoms with Crippen molar-refractivity contribution in [1.29, 1.82) is 0 Å². The third-order valence-electron chi connectivity index (χ3n) is 6.81. The van der Waals surface area contributed by atoms with E-state index in [-0.39, 0.29) is 46.5 Å². The van der Waals surface area contributed by atoms with E-state index in [4.69, 9.17) is 4.74 Å². The summed E-state index contributed by atoms with van der Waals surface area (Å²) in [5.74, 6) is 5.29.